The molecule has 0 radical (unpaired) electrons. The molecule has 0 aliphatic rings. The molecule has 1 rings (SSSR count). The minimum atomic E-state index is -4.73. The summed E-state index contributed by atoms with van der Waals surface area (Å²) in [6.45, 7) is 1.49. The molecule has 0 aliphatic carbocycles. The molecule has 8 heteroatoms. The fourth-order valence-corrected chi connectivity index (χ4v) is 3.30. The molecule has 0 fully saturated rings. The minimum Gasteiger partial charge on any atom is -0.207 e. The Morgan fingerprint density at radius 2 is 1.84 bits per heavy atom. The maximum absolute atomic E-state index is 12.8. The Hall–Kier alpha value is -0.790. The van der Waals surface area contributed by atoms with Crippen molar-refractivity contribution in [3.05, 3.63) is 29.8 Å². The molecule has 1 atom stereocenters. The van der Waals surface area contributed by atoms with Crippen molar-refractivity contribution < 1.29 is 21.6 Å². The molecule has 0 saturated heterocycles. The standard InChI is InChI=1S/C11H13ClF3NO2S/c1-8(12)7-16(2)19(17,18)10-6-4-3-5-9(10)11(13,14)15/h3-6,8H,7H2,1-2H3. The number of nitrogens with zero attached hydrogens (tertiary/aromatic N) is 1. The lowest BCUT2D eigenvalue weighted by Crippen LogP contribution is -2.32. The normalized spacial score (nSPS) is 14.7. The molecule has 0 heterocycles. The van der Waals surface area contributed by atoms with Crippen molar-refractivity contribution in [2.24, 2.45) is 0 Å². The number of benzene rings is 1. The number of halogens is 4. The maximum Gasteiger partial charge on any atom is 0.417 e. The van der Waals surface area contributed by atoms with Crippen LogP contribution in [0.3, 0.4) is 0 Å². The first-order valence-corrected chi connectivity index (χ1v) is 7.21. The molecule has 0 N–H and O–H groups in total. The lowest BCUT2D eigenvalue weighted by Gasteiger charge is -2.20. The van der Waals surface area contributed by atoms with E-state index in [9.17, 15) is 21.6 Å². The fourth-order valence-electron chi connectivity index (χ4n) is 1.55. The highest BCUT2D eigenvalue weighted by Crippen LogP contribution is 2.34. The molecule has 1 aromatic carbocycles. The highest BCUT2D eigenvalue weighted by atomic mass is 35.5. The third-order valence-corrected chi connectivity index (χ3v) is 4.41. The Balaban J connectivity index is 3.30. The van der Waals surface area contributed by atoms with E-state index in [4.69, 9.17) is 11.6 Å². The molecule has 1 unspecified atom stereocenters. The molecule has 108 valence electrons. The number of hydrogen-bond donors (Lipinski definition) is 0. The molecule has 1 aromatic rings. The molecule has 0 bridgehead atoms. The van der Waals surface area contributed by atoms with E-state index in [1.165, 1.54) is 13.1 Å². The van der Waals surface area contributed by atoms with E-state index in [1.807, 2.05) is 0 Å². The third kappa shape index (κ3) is 3.84. The van der Waals surface area contributed by atoms with Gasteiger partial charge in [0.1, 0.15) is 0 Å². The van der Waals surface area contributed by atoms with Crippen LogP contribution in [0.5, 0.6) is 0 Å². The van der Waals surface area contributed by atoms with Crippen molar-refractivity contribution in [1.82, 2.24) is 4.31 Å². The summed E-state index contributed by atoms with van der Waals surface area (Å²) < 4.78 is 63.4. The minimum absolute atomic E-state index is 0.0733. The summed E-state index contributed by atoms with van der Waals surface area (Å²) in [5, 5.41) is -0.502. The van der Waals surface area contributed by atoms with Crippen molar-refractivity contribution in [1.29, 1.82) is 0 Å². The van der Waals surface area contributed by atoms with Crippen LogP contribution < -0.4 is 0 Å². The van der Waals surface area contributed by atoms with Crippen molar-refractivity contribution in [3.63, 3.8) is 0 Å². The van der Waals surface area contributed by atoms with E-state index in [0.29, 0.717) is 0 Å². The van der Waals surface area contributed by atoms with Crippen molar-refractivity contribution in [2.75, 3.05) is 13.6 Å². The van der Waals surface area contributed by atoms with E-state index in [2.05, 4.69) is 0 Å². The molecule has 0 saturated carbocycles. The Bertz CT molecular complexity index is 543. The largest absolute Gasteiger partial charge is 0.417 e. The summed E-state index contributed by atoms with van der Waals surface area (Å²) >= 11 is 5.67. The van der Waals surface area contributed by atoms with Gasteiger partial charge in [-0.2, -0.15) is 17.5 Å². The summed E-state index contributed by atoms with van der Waals surface area (Å²) in [5.74, 6) is 0. The van der Waals surface area contributed by atoms with Crippen LogP contribution in [0.1, 0.15) is 12.5 Å². The first-order valence-electron chi connectivity index (χ1n) is 5.33. The van der Waals surface area contributed by atoms with E-state index < -0.39 is 32.0 Å². The Kier molecular flexibility index (Phi) is 4.86. The van der Waals surface area contributed by atoms with Crippen molar-refractivity contribution >= 4 is 21.6 Å². The molecule has 0 amide bonds. The van der Waals surface area contributed by atoms with Gasteiger partial charge in [0.15, 0.2) is 0 Å². The van der Waals surface area contributed by atoms with Gasteiger partial charge in [-0.1, -0.05) is 12.1 Å². The van der Waals surface area contributed by atoms with Crippen LogP contribution in [0.2, 0.25) is 0 Å². The van der Waals surface area contributed by atoms with Gasteiger partial charge in [0.05, 0.1) is 10.5 Å². The fraction of sp³-hybridized carbons (Fsp3) is 0.455. The zero-order valence-corrected chi connectivity index (χ0v) is 11.9. The van der Waals surface area contributed by atoms with Crippen LogP contribution in [-0.2, 0) is 16.2 Å². The first kappa shape index (κ1) is 16.3. The molecule has 0 aliphatic heterocycles. The topological polar surface area (TPSA) is 37.4 Å². The van der Waals surface area contributed by atoms with Crippen LogP contribution in [0.25, 0.3) is 0 Å². The van der Waals surface area contributed by atoms with E-state index in [1.54, 1.807) is 6.92 Å². The molecule has 3 nitrogen and oxygen atoms in total. The SMILES string of the molecule is CC(Cl)CN(C)S(=O)(=O)c1ccccc1C(F)(F)F. The third-order valence-electron chi connectivity index (χ3n) is 2.39. The number of sulfonamides is 1. The van der Waals surface area contributed by atoms with Crippen LogP contribution in [0.4, 0.5) is 13.2 Å². The number of alkyl halides is 4. The van der Waals surface area contributed by atoms with Gasteiger partial charge >= 0.3 is 6.18 Å². The second-order valence-electron chi connectivity index (χ2n) is 4.06. The average Bonchev–Trinajstić information content (AvgIpc) is 2.27. The maximum atomic E-state index is 12.8. The van der Waals surface area contributed by atoms with Gasteiger partial charge in [-0.25, -0.2) is 8.42 Å². The van der Waals surface area contributed by atoms with Crippen LogP contribution in [-0.4, -0.2) is 31.7 Å². The zero-order chi connectivity index (χ0) is 14.8. The van der Waals surface area contributed by atoms with Crippen LogP contribution in [0, 0.1) is 0 Å². The second-order valence-corrected chi connectivity index (χ2v) is 6.82. The number of hydrogen-bond acceptors (Lipinski definition) is 2. The molecular weight excluding hydrogens is 303 g/mol. The van der Waals surface area contributed by atoms with E-state index in [0.717, 1.165) is 22.5 Å². The van der Waals surface area contributed by atoms with Gasteiger partial charge in [0.2, 0.25) is 10.0 Å². The Morgan fingerprint density at radius 3 is 2.32 bits per heavy atom. The lowest BCUT2D eigenvalue weighted by atomic mass is 10.2. The number of rotatable bonds is 4. The van der Waals surface area contributed by atoms with Crippen LogP contribution in [0.15, 0.2) is 29.2 Å². The lowest BCUT2D eigenvalue weighted by molar-refractivity contribution is -0.139. The van der Waals surface area contributed by atoms with Gasteiger partial charge in [-0.15, -0.1) is 11.6 Å². The quantitative estimate of drug-likeness (QED) is 0.801. The molecule has 0 aromatic heterocycles. The van der Waals surface area contributed by atoms with E-state index >= 15 is 0 Å². The van der Waals surface area contributed by atoms with Gasteiger partial charge in [0.25, 0.3) is 0 Å². The summed E-state index contributed by atoms with van der Waals surface area (Å²) in [5.41, 5.74) is -1.18. The van der Waals surface area contributed by atoms with Gasteiger partial charge in [-0.3, -0.25) is 0 Å². The predicted octanol–water partition coefficient (Wildman–Crippen LogP) is 2.95. The Morgan fingerprint density at radius 1 is 1.32 bits per heavy atom. The smallest absolute Gasteiger partial charge is 0.207 e. The van der Waals surface area contributed by atoms with Crippen LogP contribution >= 0.6 is 11.6 Å². The van der Waals surface area contributed by atoms with Gasteiger partial charge in [-0.05, 0) is 19.1 Å². The van der Waals surface area contributed by atoms with Gasteiger partial charge < -0.3 is 0 Å². The van der Waals surface area contributed by atoms with Crippen molar-refractivity contribution in [3.8, 4) is 0 Å². The highest BCUT2D eigenvalue weighted by molar-refractivity contribution is 7.89. The average molecular weight is 316 g/mol. The molecule has 19 heavy (non-hydrogen) atoms. The monoisotopic (exact) mass is 315 g/mol. The zero-order valence-electron chi connectivity index (χ0n) is 10.3. The summed E-state index contributed by atoms with van der Waals surface area (Å²) in [4.78, 5) is -0.762. The summed E-state index contributed by atoms with van der Waals surface area (Å²) in [7, 11) is -3.02. The Labute approximate surface area is 115 Å². The first-order chi connectivity index (χ1) is 8.56. The predicted molar refractivity (Wildman–Crippen MR) is 66.6 cm³/mol. The molecule has 0 spiro atoms. The van der Waals surface area contributed by atoms with Gasteiger partial charge in [0, 0.05) is 19.0 Å². The van der Waals surface area contributed by atoms with E-state index in [-0.39, 0.29) is 6.54 Å². The molecular formula is C11H13ClF3NO2S. The summed E-state index contributed by atoms with van der Waals surface area (Å²) in [6.07, 6.45) is -4.73. The second kappa shape index (κ2) is 5.68. The highest BCUT2D eigenvalue weighted by Gasteiger charge is 2.38. The summed E-state index contributed by atoms with van der Waals surface area (Å²) in [6, 6.07) is 4.07. The van der Waals surface area contributed by atoms with Crippen molar-refractivity contribution in [2.45, 2.75) is 23.4 Å².